The minimum absolute atomic E-state index is 0.0576. The van der Waals surface area contributed by atoms with E-state index in [2.05, 4.69) is 15.3 Å². The number of carboxylic acids is 2. The van der Waals surface area contributed by atoms with E-state index in [9.17, 15) is 31.1 Å². The van der Waals surface area contributed by atoms with Gasteiger partial charge in [-0.3, -0.25) is 4.79 Å². The molecule has 53 heavy (non-hydrogen) atoms. The molecular formula is C35H32F7N5O6. The van der Waals surface area contributed by atoms with Crippen LogP contribution in [0.4, 0.5) is 42.2 Å². The summed E-state index contributed by atoms with van der Waals surface area (Å²) in [6, 6.07) is 17.8. The Morgan fingerprint density at radius 2 is 1.57 bits per heavy atom. The molecule has 2 aromatic heterocycles. The second-order valence-corrected chi connectivity index (χ2v) is 10.9. The number of benzene rings is 3. The van der Waals surface area contributed by atoms with Crippen LogP contribution >= 0.6 is 0 Å². The Hall–Kier alpha value is -6.20. The second kappa shape index (κ2) is 17.3. The summed E-state index contributed by atoms with van der Waals surface area (Å²) >= 11 is 0. The van der Waals surface area contributed by atoms with Gasteiger partial charge >= 0.3 is 24.3 Å². The van der Waals surface area contributed by atoms with E-state index in [0.29, 0.717) is 47.1 Å². The number of hydrogen-bond acceptors (Lipinski definition) is 8. The number of halogens is 7. The fraction of sp³-hybridized carbons (Fsp3) is 0.229. The topological polar surface area (TPSA) is 181 Å². The van der Waals surface area contributed by atoms with Crippen molar-refractivity contribution in [1.29, 1.82) is 0 Å². The number of carboxylic acid groups (broad SMARTS) is 2. The molecule has 0 amide bonds. The SMILES string of the molecule is CCOc1cc(CC)cc(C(Nc2ccc3c(N)nccc3c2)c2nc(-c3ccccc3C(C)=O)c[nH]2)c1F.O=C(O)C(F)(F)F.O=C(O)C(F)(F)F. The number of H-pyrrole nitrogens is 1. The van der Waals surface area contributed by atoms with Crippen LogP contribution in [0.15, 0.2) is 73.1 Å². The lowest BCUT2D eigenvalue weighted by Gasteiger charge is -2.22. The third-order valence-electron chi connectivity index (χ3n) is 7.19. The molecule has 0 aliphatic rings. The van der Waals surface area contributed by atoms with Crippen LogP contribution in [-0.2, 0) is 16.0 Å². The summed E-state index contributed by atoms with van der Waals surface area (Å²) in [4.78, 5) is 42.3. The van der Waals surface area contributed by atoms with E-state index in [0.717, 1.165) is 22.0 Å². The number of hydrogen-bond donors (Lipinski definition) is 5. The summed E-state index contributed by atoms with van der Waals surface area (Å²) < 4.78 is 85.1. The van der Waals surface area contributed by atoms with Gasteiger partial charge in [-0.25, -0.2) is 23.9 Å². The third kappa shape index (κ3) is 10.9. The number of ketones is 1. The molecule has 0 aliphatic carbocycles. The minimum Gasteiger partial charge on any atom is -0.491 e. The van der Waals surface area contributed by atoms with Crippen molar-refractivity contribution in [2.24, 2.45) is 0 Å². The van der Waals surface area contributed by atoms with Gasteiger partial charge in [-0.05, 0) is 61.5 Å². The summed E-state index contributed by atoms with van der Waals surface area (Å²) in [5.74, 6) is -4.89. The number of rotatable bonds is 9. The summed E-state index contributed by atoms with van der Waals surface area (Å²) in [5, 5.41) is 19.5. The maximum atomic E-state index is 15.9. The zero-order valence-electron chi connectivity index (χ0n) is 28.1. The van der Waals surface area contributed by atoms with Gasteiger partial charge < -0.3 is 31.0 Å². The average molecular weight is 752 g/mol. The average Bonchev–Trinajstić information content (AvgIpc) is 3.58. The van der Waals surface area contributed by atoms with Crippen LogP contribution in [0, 0.1) is 5.82 Å². The van der Waals surface area contributed by atoms with Gasteiger partial charge in [0.25, 0.3) is 0 Å². The molecule has 5 aromatic rings. The van der Waals surface area contributed by atoms with Gasteiger partial charge in [-0.15, -0.1) is 0 Å². The van der Waals surface area contributed by atoms with Crippen molar-refractivity contribution < 1.29 is 60.1 Å². The Balaban J connectivity index is 0.000000458. The number of aromatic amines is 1. The monoisotopic (exact) mass is 751 g/mol. The Kier molecular flexibility index (Phi) is 13.5. The first-order valence-corrected chi connectivity index (χ1v) is 15.4. The van der Waals surface area contributed by atoms with Crippen LogP contribution < -0.4 is 15.8 Å². The second-order valence-electron chi connectivity index (χ2n) is 10.9. The number of imidazole rings is 1. The van der Waals surface area contributed by atoms with E-state index < -0.39 is 36.2 Å². The first-order valence-electron chi connectivity index (χ1n) is 15.4. The van der Waals surface area contributed by atoms with Crippen molar-refractivity contribution in [3.63, 3.8) is 0 Å². The Bertz CT molecular complexity index is 2060. The first kappa shape index (κ1) is 41.2. The van der Waals surface area contributed by atoms with Crippen LogP contribution in [0.5, 0.6) is 5.75 Å². The van der Waals surface area contributed by atoms with Gasteiger partial charge in [0, 0.05) is 40.2 Å². The predicted octanol–water partition coefficient (Wildman–Crippen LogP) is 7.98. The number of carbonyl (C=O) groups is 3. The largest absolute Gasteiger partial charge is 0.491 e. The lowest BCUT2D eigenvalue weighted by atomic mass is 9.99. The maximum Gasteiger partial charge on any atom is 0.490 e. The number of nitrogen functional groups attached to an aromatic ring is 1. The Labute approximate surface area is 296 Å². The molecule has 0 radical (unpaired) electrons. The van der Waals surface area contributed by atoms with Crippen LogP contribution in [0.1, 0.15) is 54.1 Å². The van der Waals surface area contributed by atoms with Crippen molar-refractivity contribution in [2.75, 3.05) is 17.7 Å². The number of ether oxygens (including phenoxy) is 1. The van der Waals surface area contributed by atoms with Crippen molar-refractivity contribution in [1.82, 2.24) is 15.0 Å². The normalized spacial score (nSPS) is 11.7. The molecule has 18 heteroatoms. The van der Waals surface area contributed by atoms with Gasteiger partial charge in [0.15, 0.2) is 17.3 Å². The minimum atomic E-state index is -5.08. The molecule has 0 saturated carbocycles. The predicted molar refractivity (Wildman–Crippen MR) is 180 cm³/mol. The summed E-state index contributed by atoms with van der Waals surface area (Å²) in [7, 11) is 0. The van der Waals surface area contributed by atoms with Crippen molar-refractivity contribution in [3.8, 4) is 17.0 Å². The quantitative estimate of drug-likeness (QED) is 0.0732. The van der Waals surface area contributed by atoms with Gasteiger partial charge in [0.05, 0.1) is 12.3 Å². The summed E-state index contributed by atoms with van der Waals surface area (Å²) in [6.45, 7) is 5.71. The number of aromatic nitrogens is 3. The molecule has 2 heterocycles. The standard InChI is InChI=1S/C31H30FN5O2.2C2HF3O2/c1-4-19-14-25(28(32)27(15-19)39-5-2)29(36-21-10-11-23-20(16-21)12-13-34-30(23)33)31-35-17-26(37-31)24-9-7-6-8-22(24)18(3)38;2*3-2(4,5)1(6)7/h6-17,29,36H,4-5H2,1-3H3,(H2,33,34)(H,35,37);2*(H,6,7). The molecule has 0 saturated heterocycles. The van der Waals surface area contributed by atoms with E-state index in [4.69, 9.17) is 35.3 Å². The highest BCUT2D eigenvalue weighted by Crippen LogP contribution is 2.35. The Morgan fingerprint density at radius 1 is 0.943 bits per heavy atom. The summed E-state index contributed by atoms with van der Waals surface area (Å²) in [5.41, 5.74) is 10.00. The molecule has 11 nitrogen and oxygen atoms in total. The molecule has 0 fully saturated rings. The number of pyridine rings is 1. The molecule has 1 unspecified atom stereocenters. The van der Waals surface area contributed by atoms with E-state index in [-0.39, 0.29) is 11.5 Å². The number of anilines is 2. The van der Waals surface area contributed by atoms with Gasteiger partial charge in [0.2, 0.25) is 0 Å². The number of fused-ring (bicyclic) bond motifs is 1. The van der Waals surface area contributed by atoms with E-state index in [1.807, 2.05) is 62.4 Å². The van der Waals surface area contributed by atoms with Crippen LogP contribution in [0.3, 0.4) is 0 Å². The first-order chi connectivity index (χ1) is 24.8. The van der Waals surface area contributed by atoms with Gasteiger partial charge in [0.1, 0.15) is 17.7 Å². The lowest BCUT2D eigenvalue weighted by molar-refractivity contribution is -0.193. The van der Waals surface area contributed by atoms with Gasteiger partial charge in [-0.1, -0.05) is 37.3 Å². The summed E-state index contributed by atoms with van der Waals surface area (Å²) in [6.07, 6.45) is -6.07. The zero-order chi connectivity index (χ0) is 39.7. The fourth-order valence-corrected chi connectivity index (χ4v) is 4.74. The molecule has 3 aromatic carbocycles. The highest BCUT2D eigenvalue weighted by Gasteiger charge is 2.39. The molecule has 1 atom stereocenters. The fourth-order valence-electron chi connectivity index (χ4n) is 4.74. The van der Waals surface area contributed by atoms with Crippen LogP contribution in [0.2, 0.25) is 0 Å². The van der Waals surface area contributed by atoms with Crippen molar-refractivity contribution in [2.45, 2.75) is 45.6 Å². The van der Waals surface area contributed by atoms with Crippen LogP contribution in [0.25, 0.3) is 22.0 Å². The van der Waals surface area contributed by atoms with Crippen molar-refractivity contribution >= 4 is 40.0 Å². The number of Topliss-reactive ketones (excluding diaryl/α,β-unsaturated/α-hetero) is 1. The Morgan fingerprint density at radius 3 is 2.13 bits per heavy atom. The number of alkyl halides is 6. The molecule has 5 rings (SSSR count). The molecular weight excluding hydrogens is 719 g/mol. The molecule has 0 spiro atoms. The highest BCUT2D eigenvalue weighted by atomic mass is 19.4. The number of nitrogens with two attached hydrogens (primary N) is 1. The molecule has 0 bridgehead atoms. The third-order valence-corrected chi connectivity index (χ3v) is 7.19. The van der Waals surface area contributed by atoms with E-state index in [1.54, 1.807) is 24.5 Å². The number of carbonyl (C=O) groups excluding carboxylic acids is 1. The van der Waals surface area contributed by atoms with Gasteiger partial charge in [-0.2, -0.15) is 26.3 Å². The number of aryl methyl sites for hydroxylation is 1. The molecule has 282 valence electrons. The van der Waals surface area contributed by atoms with Crippen LogP contribution in [-0.4, -0.2) is 61.8 Å². The highest BCUT2D eigenvalue weighted by molar-refractivity contribution is 6.00. The lowest BCUT2D eigenvalue weighted by Crippen LogP contribution is -2.21. The smallest absolute Gasteiger partial charge is 0.490 e. The number of nitrogens with zero attached hydrogens (tertiary/aromatic N) is 2. The van der Waals surface area contributed by atoms with E-state index >= 15 is 4.39 Å². The number of aliphatic carboxylic acids is 2. The van der Waals surface area contributed by atoms with E-state index in [1.165, 1.54) is 6.92 Å². The molecule has 6 N–H and O–H groups in total. The number of nitrogens with one attached hydrogen (secondary N) is 2. The molecule has 0 aliphatic heterocycles. The maximum absolute atomic E-state index is 15.9. The van der Waals surface area contributed by atoms with Crippen molar-refractivity contribution in [3.05, 3.63) is 101 Å². The zero-order valence-corrected chi connectivity index (χ0v) is 28.1.